The molecule has 26 heavy (non-hydrogen) atoms. The number of urea groups is 1. The van der Waals surface area contributed by atoms with E-state index < -0.39 is 0 Å². The minimum Gasteiger partial charge on any atom is -0.378 e. The second kappa shape index (κ2) is 7.87. The highest BCUT2D eigenvalue weighted by molar-refractivity contribution is 6.30. The molecule has 3 rings (SSSR count). The van der Waals surface area contributed by atoms with Gasteiger partial charge in [-0.05, 0) is 48.9 Å². The van der Waals surface area contributed by atoms with Crippen LogP contribution in [-0.2, 0) is 0 Å². The Hall–Kier alpha value is -2.40. The van der Waals surface area contributed by atoms with E-state index in [2.05, 4.69) is 22.3 Å². The van der Waals surface area contributed by atoms with Crippen molar-refractivity contribution in [2.24, 2.45) is 0 Å². The number of anilines is 3. The first-order valence-electron chi connectivity index (χ1n) is 8.78. The first-order chi connectivity index (χ1) is 12.4. The highest BCUT2D eigenvalue weighted by Crippen LogP contribution is 2.23. The normalized spacial score (nSPS) is 14.3. The predicted molar refractivity (Wildman–Crippen MR) is 110 cm³/mol. The van der Waals surface area contributed by atoms with Gasteiger partial charge in [0.05, 0.1) is 0 Å². The van der Waals surface area contributed by atoms with Gasteiger partial charge in [-0.25, -0.2) is 4.79 Å². The Morgan fingerprint density at radius 3 is 2.42 bits per heavy atom. The number of nitrogens with zero attached hydrogens (tertiary/aromatic N) is 3. The molecule has 0 unspecified atom stereocenters. The Kier molecular flexibility index (Phi) is 5.57. The summed E-state index contributed by atoms with van der Waals surface area (Å²) in [5.74, 6) is 0. The summed E-state index contributed by atoms with van der Waals surface area (Å²) in [5, 5.41) is 3.77. The highest BCUT2D eigenvalue weighted by Gasteiger charge is 2.21. The van der Waals surface area contributed by atoms with Gasteiger partial charge in [-0.15, -0.1) is 0 Å². The molecule has 1 N–H and O–H groups in total. The van der Waals surface area contributed by atoms with Gasteiger partial charge in [0.15, 0.2) is 0 Å². The van der Waals surface area contributed by atoms with Gasteiger partial charge in [-0.2, -0.15) is 0 Å². The summed E-state index contributed by atoms with van der Waals surface area (Å²) in [4.78, 5) is 18.8. The highest BCUT2D eigenvalue weighted by atomic mass is 35.5. The third kappa shape index (κ3) is 4.22. The molecule has 138 valence electrons. The standard InChI is InChI=1S/C20H25ClN4O/c1-15-13-17(23(2)3)7-8-19(15)22-20(26)25-11-9-24(10-12-25)18-6-4-5-16(21)14-18/h4-8,13-14H,9-12H2,1-3H3,(H,22,26). The van der Waals surface area contributed by atoms with Crippen molar-refractivity contribution in [1.29, 1.82) is 0 Å². The molecule has 0 atom stereocenters. The van der Waals surface area contributed by atoms with Crippen LogP contribution in [0.3, 0.4) is 0 Å². The Labute approximate surface area is 160 Å². The molecule has 1 aliphatic heterocycles. The van der Waals surface area contributed by atoms with E-state index in [-0.39, 0.29) is 6.03 Å². The SMILES string of the molecule is Cc1cc(N(C)C)ccc1NC(=O)N1CCN(c2cccc(Cl)c2)CC1. The van der Waals surface area contributed by atoms with Gasteiger partial charge < -0.3 is 20.0 Å². The zero-order valence-electron chi connectivity index (χ0n) is 15.5. The van der Waals surface area contributed by atoms with Crippen molar-refractivity contribution in [2.45, 2.75) is 6.92 Å². The van der Waals surface area contributed by atoms with Crippen molar-refractivity contribution in [3.8, 4) is 0 Å². The average molecular weight is 373 g/mol. The summed E-state index contributed by atoms with van der Waals surface area (Å²) in [6.45, 7) is 4.98. The summed E-state index contributed by atoms with van der Waals surface area (Å²) in [6, 6.07) is 13.9. The lowest BCUT2D eigenvalue weighted by atomic mass is 10.1. The number of carbonyl (C=O) groups excluding carboxylic acids is 1. The van der Waals surface area contributed by atoms with Crippen molar-refractivity contribution in [3.05, 3.63) is 53.1 Å². The number of nitrogens with one attached hydrogen (secondary N) is 1. The van der Waals surface area contributed by atoms with Crippen LogP contribution in [0.5, 0.6) is 0 Å². The zero-order chi connectivity index (χ0) is 18.7. The van der Waals surface area contributed by atoms with Crippen LogP contribution in [0.1, 0.15) is 5.56 Å². The second-order valence-corrected chi connectivity index (χ2v) is 7.21. The lowest BCUT2D eigenvalue weighted by Crippen LogP contribution is -2.50. The summed E-state index contributed by atoms with van der Waals surface area (Å²) in [7, 11) is 4.01. The minimum absolute atomic E-state index is 0.0450. The van der Waals surface area contributed by atoms with E-state index in [4.69, 9.17) is 11.6 Å². The van der Waals surface area contributed by atoms with Gasteiger partial charge in [0.2, 0.25) is 0 Å². The molecular formula is C20H25ClN4O. The Bertz CT molecular complexity index is 785. The number of hydrogen-bond acceptors (Lipinski definition) is 3. The number of carbonyl (C=O) groups is 1. The van der Waals surface area contributed by atoms with Crippen LogP contribution in [0.4, 0.5) is 21.9 Å². The molecule has 1 aliphatic rings. The fraction of sp³-hybridized carbons (Fsp3) is 0.350. The third-order valence-electron chi connectivity index (χ3n) is 4.71. The van der Waals surface area contributed by atoms with E-state index >= 15 is 0 Å². The molecule has 0 saturated carbocycles. The molecule has 2 aromatic rings. The molecule has 2 aromatic carbocycles. The van der Waals surface area contributed by atoms with Crippen LogP contribution in [0.15, 0.2) is 42.5 Å². The van der Waals surface area contributed by atoms with E-state index in [0.29, 0.717) is 13.1 Å². The minimum atomic E-state index is -0.0450. The van der Waals surface area contributed by atoms with E-state index in [1.807, 2.05) is 61.2 Å². The smallest absolute Gasteiger partial charge is 0.321 e. The van der Waals surface area contributed by atoms with Crippen LogP contribution < -0.4 is 15.1 Å². The number of amides is 2. The average Bonchev–Trinajstić information content (AvgIpc) is 2.63. The zero-order valence-corrected chi connectivity index (χ0v) is 16.3. The molecule has 0 aliphatic carbocycles. The fourth-order valence-electron chi connectivity index (χ4n) is 3.10. The number of rotatable bonds is 3. The van der Waals surface area contributed by atoms with Gasteiger partial charge in [-0.1, -0.05) is 17.7 Å². The number of piperazine rings is 1. The topological polar surface area (TPSA) is 38.8 Å². The van der Waals surface area contributed by atoms with Crippen molar-refractivity contribution < 1.29 is 4.79 Å². The predicted octanol–water partition coefficient (Wildman–Crippen LogP) is 4.07. The largest absolute Gasteiger partial charge is 0.378 e. The summed E-state index contributed by atoms with van der Waals surface area (Å²) in [6.07, 6.45) is 0. The molecule has 1 fully saturated rings. The maximum Gasteiger partial charge on any atom is 0.321 e. The molecule has 0 bridgehead atoms. The van der Waals surface area contributed by atoms with Gasteiger partial charge in [0, 0.05) is 62.4 Å². The van der Waals surface area contributed by atoms with Gasteiger partial charge >= 0.3 is 6.03 Å². The van der Waals surface area contributed by atoms with Crippen molar-refractivity contribution in [1.82, 2.24) is 4.90 Å². The maximum absolute atomic E-state index is 12.6. The van der Waals surface area contributed by atoms with Crippen molar-refractivity contribution in [3.63, 3.8) is 0 Å². The summed E-state index contributed by atoms with van der Waals surface area (Å²) >= 11 is 6.07. The van der Waals surface area contributed by atoms with Crippen LogP contribution in [-0.4, -0.2) is 51.2 Å². The molecule has 5 nitrogen and oxygen atoms in total. The van der Waals surface area contributed by atoms with Gasteiger partial charge in [-0.3, -0.25) is 0 Å². The van der Waals surface area contributed by atoms with Crippen molar-refractivity contribution in [2.75, 3.05) is 55.4 Å². The number of hydrogen-bond donors (Lipinski definition) is 1. The Morgan fingerprint density at radius 2 is 1.81 bits per heavy atom. The van der Waals surface area contributed by atoms with E-state index in [1.165, 1.54) is 0 Å². The lowest BCUT2D eigenvalue weighted by Gasteiger charge is -2.36. The molecule has 1 saturated heterocycles. The fourth-order valence-corrected chi connectivity index (χ4v) is 3.29. The molecular weight excluding hydrogens is 348 g/mol. The number of halogens is 1. The number of benzene rings is 2. The first-order valence-corrected chi connectivity index (χ1v) is 9.16. The number of aryl methyl sites for hydroxylation is 1. The van der Waals surface area contributed by atoms with E-state index in [1.54, 1.807) is 0 Å². The molecule has 1 heterocycles. The van der Waals surface area contributed by atoms with Crippen LogP contribution in [0.2, 0.25) is 5.02 Å². The van der Waals surface area contributed by atoms with Gasteiger partial charge in [0.25, 0.3) is 0 Å². The van der Waals surface area contributed by atoms with E-state index in [9.17, 15) is 4.79 Å². The molecule has 2 amide bonds. The maximum atomic E-state index is 12.6. The molecule has 0 aromatic heterocycles. The van der Waals surface area contributed by atoms with Crippen LogP contribution in [0, 0.1) is 6.92 Å². The second-order valence-electron chi connectivity index (χ2n) is 6.78. The molecule has 0 radical (unpaired) electrons. The van der Waals surface area contributed by atoms with Crippen LogP contribution >= 0.6 is 11.6 Å². The third-order valence-corrected chi connectivity index (χ3v) is 4.94. The quantitative estimate of drug-likeness (QED) is 0.882. The molecule has 0 spiro atoms. The monoisotopic (exact) mass is 372 g/mol. The lowest BCUT2D eigenvalue weighted by molar-refractivity contribution is 0.208. The van der Waals surface area contributed by atoms with Crippen LogP contribution in [0.25, 0.3) is 0 Å². The Morgan fingerprint density at radius 1 is 1.08 bits per heavy atom. The summed E-state index contributed by atoms with van der Waals surface area (Å²) in [5.41, 5.74) is 4.14. The first kappa shape index (κ1) is 18.4. The molecule has 6 heteroatoms. The van der Waals surface area contributed by atoms with Gasteiger partial charge in [0.1, 0.15) is 0 Å². The van der Waals surface area contributed by atoms with E-state index in [0.717, 1.165) is 40.7 Å². The Balaban J connectivity index is 1.59. The summed E-state index contributed by atoms with van der Waals surface area (Å²) < 4.78 is 0. The van der Waals surface area contributed by atoms with Crippen molar-refractivity contribution >= 4 is 34.7 Å².